The summed E-state index contributed by atoms with van der Waals surface area (Å²) >= 11 is 0. The number of ether oxygens (including phenoxy) is 3. The summed E-state index contributed by atoms with van der Waals surface area (Å²) in [5.41, 5.74) is 1.59. The van der Waals surface area contributed by atoms with Crippen molar-refractivity contribution in [3.8, 4) is 0 Å². The van der Waals surface area contributed by atoms with Crippen LogP contribution in [0.3, 0.4) is 0 Å². The highest BCUT2D eigenvalue weighted by Crippen LogP contribution is 2.13. The van der Waals surface area contributed by atoms with Crippen LogP contribution in [0.1, 0.15) is 24.5 Å². The SMILES string of the molecule is COC(=O)C[C@H](C)[C@H](NC(=O)[C@H](Cc1ccccc1)NC(=O)OCc1ccccc1)C(=O)OC. The first-order valence-corrected chi connectivity index (χ1v) is 10.8. The van der Waals surface area contributed by atoms with Gasteiger partial charge in [0.05, 0.1) is 20.6 Å². The second-order valence-corrected chi connectivity index (χ2v) is 7.72. The molecule has 0 saturated heterocycles. The molecule has 0 unspecified atom stereocenters. The lowest BCUT2D eigenvalue weighted by Crippen LogP contribution is -2.54. The molecular formula is C25H30N2O7. The Labute approximate surface area is 198 Å². The van der Waals surface area contributed by atoms with Crippen LogP contribution in [0.25, 0.3) is 0 Å². The Balaban J connectivity index is 2.13. The zero-order valence-electron chi connectivity index (χ0n) is 19.5. The maximum Gasteiger partial charge on any atom is 0.408 e. The van der Waals surface area contributed by atoms with Gasteiger partial charge in [-0.25, -0.2) is 9.59 Å². The fourth-order valence-corrected chi connectivity index (χ4v) is 3.24. The van der Waals surface area contributed by atoms with Crippen LogP contribution >= 0.6 is 0 Å². The van der Waals surface area contributed by atoms with Gasteiger partial charge in [-0.3, -0.25) is 9.59 Å². The highest BCUT2D eigenvalue weighted by molar-refractivity contribution is 5.90. The van der Waals surface area contributed by atoms with E-state index in [1.165, 1.54) is 14.2 Å². The van der Waals surface area contributed by atoms with Crippen molar-refractivity contribution >= 4 is 23.9 Å². The van der Waals surface area contributed by atoms with E-state index in [9.17, 15) is 19.2 Å². The molecule has 2 N–H and O–H groups in total. The zero-order chi connectivity index (χ0) is 24.9. The van der Waals surface area contributed by atoms with Crippen LogP contribution in [0.15, 0.2) is 60.7 Å². The number of hydrogen-bond donors (Lipinski definition) is 2. The third kappa shape index (κ3) is 8.57. The lowest BCUT2D eigenvalue weighted by molar-refractivity contribution is -0.148. The van der Waals surface area contributed by atoms with E-state index in [0.717, 1.165) is 11.1 Å². The first kappa shape index (κ1) is 26.4. The smallest absolute Gasteiger partial charge is 0.408 e. The molecule has 2 amide bonds. The van der Waals surface area contributed by atoms with Gasteiger partial charge in [-0.1, -0.05) is 67.6 Å². The molecule has 0 saturated carbocycles. The summed E-state index contributed by atoms with van der Waals surface area (Å²) in [6, 6.07) is 16.1. The molecule has 182 valence electrons. The minimum atomic E-state index is -1.11. The normalized spacial score (nSPS) is 13.0. The Hall–Kier alpha value is -3.88. The van der Waals surface area contributed by atoms with Crippen molar-refractivity contribution in [2.45, 2.75) is 38.5 Å². The summed E-state index contributed by atoms with van der Waals surface area (Å²) in [5, 5.41) is 5.18. The molecule has 3 atom stereocenters. The summed E-state index contributed by atoms with van der Waals surface area (Å²) in [6.45, 7) is 1.65. The number of rotatable bonds is 11. The Bertz CT molecular complexity index is 950. The number of methoxy groups -OCH3 is 2. The lowest BCUT2D eigenvalue weighted by Gasteiger charge is -2.25. The fourth-order valence-electron chi connectivity index (χ4n) is 3.24. The van der Waals surface area contributed by atoms with Gasteiger partial charge in [-0.15, -0.1) is 0 Å². The maximum absolute atomic E-state index is 13.1. The molecule has 0 spiro atoms. The van der Waals surface area contributed by atoms with Crippen molar-refractivity contribution in [1.82, 2.24) is 10.6 Å². The van der Waals surface area contributed by atoms with Crippen LogP contribution in [0.2, 0.25) is 0 Å². The summed E-state index contributed by atoms with van der Waals surface area (Å²) in [5.74, 6) is -2.46. The molecule has 2 rings (SSSR count). The molecule has 0 aromatic heterocycles. The molecule has 0 aliphatic heterocycles. The molecule has 2 aromatic rings. The van der Waals surface area contributed by atoms with E-state index in [1.807, 2.05) is 60.7 Å². The average molecular weight is 471 g/mol. The molecular weight excluding hydrogens is 440 g/mol. The monoisotopic (exact) mass is 470 g/mol. The molecule has 0 aliphatic carbocycles. The summed E-state index contributed by atoms with van der Waals surface area (Å²) < 4.78 is 14.7. The van der Waals surface area contributed by atoms with Crippen molar-refractivity contribution < 1.29 is 33.4 Å². The van der Waals surface area contributed by atoms with E-state index >= 15 is 0 Å². The standard InChI is InChI=1S/C25H30N2O7/c1-17(14-21(28)32-2)22(24(30)33-3)27-23(29)20(15-18-10-6-4-7-11-18)26-25(31)34-16-19-12-8-5-9-13-19/h4-13,17,20,22H,14-16H2,1-3H3,(H,26,31)(H,27,29)/t17-,20-,22-/m0/s1. The van der Waals surface area contributed by atoms with Gasteiger partial charge >= 0.3 is 18.0 Å². The molecule has 9 nitrogen and oxygen atoms in total. The van der Waals surface area contributed by atoms with E-state index in [0.29, 0.717) is 0 Å². The minimum absolute atomic E-state index is 0.0350. The number of alkyl carbamates (subject to hydrolysis) is 1. The third-order valence-corrected chi connectivity index (χ3v) is 5.14. The number of esters is 2. The Kier molecular flexibility index (Phi) is 10.6. The topological polar surface area (TPSA) is 120 Å². The van der Waals surface area contributed by atoms with E-state index in [2.05, 4.69) is 15.4 Å². The lowest BCUT2D eigenvalue weighted by atomic mass is 9.97. The molecule has 0 bridgehead atoms. The Morgan fingerprint density at radius 2 is 1.41 bits per heavy atom. The molecule has 2 aromatic carbocycles. The number of nitrogens with one attached hydrogen (secondary N) is 2. The number of carbonyl (C=O) groups excluding carboxylic acids is 4. The summed E-state index contributed by atoms with van der Waals surface area (Å²) in [7, 11) is 2.43. The second kappa shape index (κ2) is 13.6. The molecule has 0 fully saturated rings. The molecule has 34 heavy (non-hydrogen) atoms. The highest BCUT2D eigenvalue weighted by Gasteiger charge is 2.32. The molecule has 9 heteroatoms. The van der Waals surface area contributed by atoms with Crippen molar-refractivity contribution in [1.29, 1.82) is 0 Å². The maximum atomic E-state index is 13.1. The number of benzene rings is 2. The fraction of sp³-hybridized carbons (Fsp3) is 0.360. The van der Waals surface area contributed by atoms with Gasteiger partial charge in [0.15, 0.2) is 0 Å². The van der Waals surface area contributed by atoms with Crippen molar-refractivity contribution in [3.63, 3.8) is 0 Å². The largest absolute Gasteiger partial charge is 0.469 e. The van der Waals surface area contributed by atoms with Gasteiger partial charge in [-0.2, -0.15) is 0 Å². The van der Waals surface area contributed by atoms with Crippen LogP contribution in [-0.2, 0) is 41.6 Å². The van der Waals surface area contributed by atoms with Gasteiger partial charge in [0.1, 0.15) is 18.7 Å². The van der Waals surface area contributed by atoms with E-state index < -0.39 is 41.9 Å². The van der Waals surface area contributed by atoms with E-state index in [1.54, 1.807) is 6.92 Å². The van der Waals surface area contributed by atoms with Gasteiger partial charge < -0.3 is 24.8 Å². The first-order chi connectivity index (χ1) is 16.3. The molecule has 0 heterocycles. The van der Waals surface area contributed by atoms with Crippen LogP contribution in [0.5, 0.6) is 0 Å². The summed E-state index contributed by atoms with van der Waals surface area (Å²) in [4.78, 5) is 49.6. The third-order valence-electron chi connectivity index (χ3n) is 5.14. The number of hydrogen-bond acceptors (Lipinski definition) is 7. The molecule has 0 aliphatic rings. The second-order valence-electron chi connectivity index (χ2n) is 7.72. The first-order valence-electron chi connectivity index (χ1n) is 10.8. The van der Waals surface area contributed by atoms with Crippen LogP contribution in [0.4, 0.5) is 4.79 Å². The number of carbonyl (C=O) groups is 4. The van der Waals surface area contributed by atoms with Crippen LogP contribution in [0, 0.1) is 5.92 Å². The minimum Gasteiger partial charge on any atom is -0.469 e. The Morgan fingerprint density at radius 3 is 1.97 bits per heavy atom. The predicted octanol–water partition coefficient (Wildman–Crippen LogP) is 2.38. The van der Waals surface area contributed by atoms with Crippen molar-refractivity contribution in [3.05, 3.63) is 71.8 Å². The zero-order valence-corrected chi connectivity index (χ0v) is 19.5. The predicted molar refractivity (Wildman–Crippen MR) is 123 cm³/mol. The van der Waals surface area contributed by atoms with Crippen LogP contribution < -0.4 is 10.6 Å². The highest BCUT2D eigenvalue weighted by atomic mass is 16.5. The van der Waals surface area contributed by atoms with Gasteiger partial charge in [0.2, 0.25) is 5.91 Å². The van der Waals surface area contributed by atoms with E-state index in [4.69, 9.17) is 9.47 Å². The van der Waals surface area contributed by atoms with Gasteiger partial charge in [0.25, 0.3) is 0 Å². The molecule has 0 radical (unpaired) electrons. The Morgan fingerprint density at radius 1 is 0.824 bits per heavy atom. The van der Waals surface area contributed by atoms with Gasteiger partial charge in [0, 0.05) is 6.42 Å². The average Bonchev–Trinajstić information content (AvgIpc) is 2.86. The quantitative estimate of drug-likeness (QED) is 0.382. The van der Waals surface area contributed by atoms with E-state index in [-0.39, 0.29) is 19.4 Å². The number of amides is 2. The van der Waals surface area contributed by atoms with Gasteiger partial charge in [-0.05, 0) is 17.0 Å². The van der Waals surface area contributed by atoms with Crippen molar-refractivity contribution in [2.75, 3.05) is 14.2 Å². The van der Waals surface area contributed by atoms with Crippen molar-refractivity contribution in [2.24, 2.45) is 5.92 Å². The van der Waals surface area contributed by atoms with Crippen LogP contribution in [-0.4, -0.2) is 50.2 Å². The summed E-state index contributed by atoms with van der Waals surface area (Å²) in [6.07, 6.45) is -0.726.